The summed E-state index contributed by atoms with van der Waals surface area (Å²) in [7, 11) is 0. The van der Waals surface area contributed by atoms with Crippen LogP contribution >= 0.6 is 11.8 Å². The van der Waals surface area contributed by atoms with Gasteiger partial charge in [0.2, 0.25) is 0 Å². The summed E-state index contributed by atoms with van der Waals surface area (Å²) in [5.74, 6) is 0.878. The molecule has 0 saturated carbocycles. The Morgan fingerprint density at radius 3 is 2.76 bits per heavy atom. The van der Waals surface area contributed by atoms with Gasteiger partial charge in [-0.2, -0.15) is 5.26 Å². The van der Waals surface area contributed by atoms with Crippen molar-refractivity contribution in [3.05, 3.63) is 47.8 Å². The quantitative estimate of drug-likeness (QED) is 0.775. The summed E-state index contributed by atoms with van der Waals surface area (Å²) in [6.07, 6.45) is 3.81. The smallest absolute Gasteiger partial charge is 0.168 e. The van der Waals surface area contributed by atoms with Gasteiger partial charge in [-0.15, -0.1) is 0 Å². The number of aromatic nitrogens is 2. The number of nitriles is 1. The van der Waals surface area contributed by atoms with Crippen molar-refractivity contribution in [1.29, 1.82) is 5.26 Å². The molecule has 3 nitrogen and oxygen atoms in total. The average Bonchev–Trinajstić information content (AvgIpc) is 2.84. The van der Waals surface area contributed by atoms with Crippen LogP contribution in [0.25, 0.3) is 0 Å². The highest BCUT2D eigenvalue weighted by Crippen LogP contribution is 2.21. The number of hydrogen-bond donors (Lipinski definition) is 0. The normalized spacial score (nSPS) is 10.1. The summed E-state index contributed by atoms with van der Waals surface area (Å²) in [5, 5.41) is 9.75. The molecule has 2 aromatic rings. The second kappa shape index (κ2) is 5.55. The zero-order chi connectivity index (χ0) is 12.1. The molecule has 1 aromatic carbocycles. The maximum absolute atomic E-state index is 8.71. The number of benzene rings is 1. The predicted octanol–water partition coefficient (Wildman–Crippen LogP) is 3.07. The predicted molar refractivity (Wildman–Crippen MR) is 68.6 cm³/mol. The zero-order valence-electron chi connectivity index (χ0n) is 9.63. The molecule has 0 unspecified atom stereocenters. The first kappa shape index (κ1) is 11.7. The van der Waals surface area contributed by atoms with Gasteiger partial charge in [-0.05, 0) is 24.6 Å². The van der Waals surface area contributed by atoms with Crippen molar-refractivity contribution in [1.82, 2.24) is 9.55 Å². The van der Waals surface area contributed by atoms with Crippen LogP contribution in [0.5, 0.6) is 0 Å². The van der Waals surface area contributed by atoms with Crippen LogP contribution in [-0.2, 0) is 12.3 Å². The molecule has 0 spiro atoms. The summed E-state index contributed by atoms with van der Waals surface area (Å²) < 4.78 is 2.12. The summed E-state index contributed by atoms with van der Waals surface area (Å²) in [4.78, 5) is 4.31. The van der Waals surface area contributed by atoms with Gasteiger partial charge >= 0.3 is 0 Å². The minimum atomic E-state index is 0.703. The van der Waals surface area contributed by atoms with Gasteiger partial charge in [-0.25, -0.2) is 4.98 Å². The van der Waals surface area contributed by atoms with E-state index in [-0.39, 0.29) is 0 Å². The molecule has 2 rings (SSSR count). The highest BCUT2D eigenvalue weighted by molar-refractivity contribution is 7.98. The molecule has 0 bridgehead atoms. The van der Waals surface area contributed by atoms with E-state index < -0.39 is 0 Å². The van der Waals surface area contributed by atoms with Gasteiger partial charge in [0, 0.05) is 24.7 Å². The molecule has 0 fully saturated rings. The molecular weight excluding hydrogens is 230 g/mol. The van der Waals surface area contributed by atoms with Crippen LogP contribution in [0.3, 0.4) is 0 Å². The Morgan fingerprint density at radius 2 is 2.12 bits per heavy atom. The summed E-state index contributed by atoms with van der Waals surface area (Å²) in [6.45, 7) is 3.04. The maximum Gasteiger partial charge on any atom is 0.168 e. The molecule has 1 heterocycles. The third-order valence-corrected chi connectivity index (χ3v) is 3.54. The standard InChI is InChI=1S/C13H13N3S/c1-2-16-8-7-15-13(16)17-10-12-5-3-11(9-14)4-6-12/h3-8H,2,10H2,1H3. The van der Waals surface area contributed by atoms with Crippen LogP contribution in [-0.4, -0.2) is 9.55 Å². The van der Waals surface area contributed by atoms with E-state index in [1.807, 2.05) is 36.7 Å². The lowest BCUT2D eigenvalue weighted by Crippen LogP contribution is -1.94. The monoisotopic (exact) mass is 243 g/mol. The molecule has 0 aliphatic rings. The SMILES string of the molecule is CCn1ccnc1SCc1ccc(C#N)cc1. The maximum atomic E-state index is 8.71. The number of aryl methyl sites for hydroxylation is 1. The van der Waals surface area contributed by atoms with E-state index >= 15 is 0 Å². The van der Waals surface area contributed by atoms with Crippen LogP contribution in [0.4, 0.5) is 0 Å². The molecule has 0 aliphatic heterocycles. The number of hydrogen-bond acceptors (Lipinski definition) is 3. The fourth-order valence-corrected chi connectivity index (χ4v) is 2.48. The molecule has 0 atom stereocenters. The van der Waals surface area contributed by atoms with Crippen molar-refractivity contribution in [3.8, 4) is 6.07 Å². The van der Waals surface area contributed by atoms with Crippen LogP contribution < -0.4 is 0 Å². The van der Waals surface area contributed by atoms with Gasteiger partial charge in [-0.1, -0.05) is 23.9 Å². The molecular formula is C13H13N3S. The van der Waals surface area contributed by atoms with Crippen LogP contribution in [0.2, 0.25) is 0 Å². The minimum Gasteiger partial charge on any atom is -0.326 e. The Bertz CT molecular complexity index is 522. The van der Waals surface area contributed by atoms with Crippen molar-refractivity contribution in [2.45, 2.75) is 24.4 Å². The first-order valence-electron chi connectivity index (χ1n) is 5.46. The average molecular weight is 243 g/mol. The van der Waals surface area contributed by atoms with Crippen molar-refractivity contribution in [2.24, 2.45) is 0 Å². The first-order valence-corrected chi connectivity index (χ1v) is 6.45. The molecule has 1 aromatic heterocycles. The third-order valence-electron chi connectivity index (χ3n) is 2.47. The lowest BCUT2D eigenvalue weighted by molar-refractivity contribution is 0.681. The second-order valence-corrected chi connectivity index (χ2v) is 4.54. The van der Waals surface area contributed by atoms with Crippen LogP contribution in [0.15, 0.2) is 41.8 Å². The van der Waals surface area contributed by atoms with E-state index in [4.69, 9.17) is 5.26 Å². The Balaban J connectivity index is 2.00. The lowest BCUT2D eigenvalue weighted by atomic mass is 10.2. The molecule has 86 valence electrons. The Kier molecular flexibility index (Phi) is 3.84. The fourth-order valence-electron chi connectivity index (χ4n) is 1.50. The second-order valence-electron chi connectivity index (χ2n) is 3.59. The van der Waals surface area contributed by atoms with Crippen molar-refractivity contribution >= 4 is 11.8 Å². The molecule has 4 heteroatoms. The molecule has 17 heavy (non-hydrogen) atoms. The molecule has 0 amide bonds. The van der Waals surface area contributed by atoms with Crippen molar-refractivity contribution < 1.29 is 0 Å². The van der Waals surface area contributed by atoms with Crippen LogP contribution in [0.1, 0.15) is 18.1 Å². The van der Waals surface area contributed by atoms with E-state index in [2.05, 4.69) is 22.5 Å². The van der Waals surface area contributed by atoms with E-state index in [9.17, 15) is 0 Å². The lowest BCUT2D eigenvalue weighted by Gasteiger charge is -2.04. The molecule has 0 aliphatic carbocycles. The topological polar surface area (TPSA) is 41.6 Å². The van der Waals surface area contributed by atoms with E-state index in [1.165, 1.54) is 5.56 Å². The summed E-state index contributed by atoms with van der Waals surface area (Å²) >= 11 is 1.71. The molecule has 0 N–H and O–H groups in total. The number of imidazole rings is 1. The zero-order valence-corrected chi connectivity index (χ0v) is 10.4. The molecule has 0 saturated heterocycles. The Morgan fingerprint density at radius 1 is 1.35 bits per heavy atom. The Labute approximate surface area is 105 Å². The Hall–Kier alpha value is -1.73. The minimum absolute atomic E-state index is 0.703. The highest BCUT2D eigenvalue weighted by Gasteiger charge is 2.02. The fraction of sp³-hybridized carbons (Fsp3) is 0.231. The van der Waals surface area contributed by atoms with Crippen LogP contribution in [0, 0.1) is 11.3 Å². The van der Waals surface area contributed by atoms with Gasteiger partial charge < -0.3 is 4.57 Å². The van der Waals surface area contributed by atoms with Gasteiger partial charge in [0.05, 0.1) is 11.6 Å². The number of nitrogens with zero attached hydrogens (tertiary/aromatic N) is 3. The van der Waals surface area contributed by atoms with Gasteiger partial charge in [0.15, 0.2) is 5.16 Å². The van der Waals surface area contributed by atoms with Crippen molar-refractivity contribution in [2.75, 3.05) is 0 Å². The largest absolute Gasteiger partial charge is 0.326 e. The number of thioether (sulfide) groups is 1. The van der Waals surface area contributed by atoms with E-state index in [0.29, 0.717) is 5.56 Å². The highest BCUT2D eigenvalue weighted by atomic mass is 32.2. The van der Waals surface area contributed by atoms with Gasteiger partial charge in [0.25, 0.3) is 0 Å². The van der Waals surface area contributed by atoms with Crippen molar-refractivity contribution in [3.63, 3.8) is 0 Å². The third kappa shape index (κ3) is 2.89. The number of rotatable bonds is 4. The first-order chi connectivity index (χ1) is 8.33. The van der Waals surface area contributed by atoms with E-state index in [0.717, 1.165) is 17.5 Å². The van der Waals surface area contributed by atoms with E-state index in [1.54, 1.807) is 11.8 Å². The summed E-state index contributed by atoms with van der Waals surface area (Å²) in [5.41, 5.74) is 1.91. The van der Waals surface area contributed by atoms with Gasteiger partial charge in [0.1, 0.15) is 0 Å². The van der Waals surface area contributed by atoms with Gasteiger partial charge in [-0.3, -0.25) is 0 Å². The summed E-state index contributed by atoms with van der Waals surface area (Å²) in [6, 6.07) is 9.80. The molecule has 0 radical (unpaired) electrons.